The molecule has 1 saturated heterocycles. The molecule has 0 amide bonds. The number of benzene rings is 1. The van der Waals surface area contributed by atoms with Crippen LogP contribution in [0, 0.1) is 0 Å². The summed E-state index contributed by atoms with van der Waals surface area (Å²) < 4.78 is 1.89. The topological polar surface area (TPSA) is 60.0 Å². The van der Waals surface area contributed by atoms with Crippen LogP contribution in [0.1, 0.15) is 18.0 Å². The molecule has 1 unspecified atom stereocenters. The lowest BCUT2D eigenvalue weighted by atomic mass is 10.2. The largest absolute Gasteiger partial charge is 0.381 e. The van der Waals surface area contributed by atoms with Gasteiger partial charge in [0.05, 0.1) is 12.2 Å². The molecule has 1 fully saturated rings. The smallest absolute Gasteiger partial charge is 0.165 e. The molecule has 0 bridgehead atoms. The normalized spacial score (nSPS) is 18.3. The SMILES string of the molecule is Cl.Cl.Nc1cn(C2CCN(Cc3ccccc3)C2)nn1. The number of nitrogens with two attached hydrogens (primary N) is 1. The lowest BCUT2D eigenvalue weighted by Crippen LogP contribution is -2.21. The van der Waals surface area contributed by atoms with Crippen molar-refractivity contribution in [2.45, 2.75) is 19.0 Å². The molecule has 2 aromatic rings. The fraction of sp³-hybridized carbons (Fsp3) is 0.385. The Bertz CT molecular complexity index is 516. The molecule has 20 heavy (non-hydrogen) atoms. The molecule has 1 aromatic carbocycles. The van der Waals surface area contributed by atoms with E-state index in [4.69, 9.17) is 5.73 Å². The van der Waals surface area contributed by atoms with Gasteiger partial charge in [0.15, 0.2) is 5.82 Å². The molecule has 2 heterocycles. The molecule has 5 nitrogen and oxygen atoms in total. The zero-order chi connectivity index (χ0) is 12.4. The van der Waals surface area contributed by atoms with Crippen LogP contribution in [-0.4, -0.2) is 33.0 Å². The third kappa shape index (κ3) is 3.85. The average Bonchev–Trinajstić information content (AvgIpc) is 2.99. The molecule has 0 radical (unpaired) electrons. The summed E-state index contributed by atoms with van der Waals surface area (Å²) in [5.74, 6) is 0.497. The van der Waals surface area contributed by atoms with Crippen LogP contribution in [0.25, 0.3) is 0 Å². The van der Waals surface area contributed by atoms with E-state index in [0.717, 1.165) is 26.1 Å². The maximum atomic E-state index is 5.60. The molecule has 1 aliphatic rings. The van der Waals surface area contributed by atoms with Crippen molar-refractivity contribution in [2.24, 2.45) is 0 Å². The van der Waals surface area contributed by atoms with Crippen molar-refractivity contribution >= 4 is 30.6 Å². The number of aromatic nitrogens is 3. The Hall–Kier alpha value is -1.30. The highest BCUT2D eigenvalue weighted by Gasteiger charge is 2.24. The predicted octanol–water partition coefficient (Wildman–Crippen LogP) is 2.15. The highest BCUT2D eigenvalue weighted by Crippen LogP contribution is 2.22. The lowest BCUT2D eigenvalue weighted by molar-refractivity contribution is 0.310. The van der Waals surface area contributed by atoms with E-state index >= 15 is 0 Å². The Balaban J connectivity index is 0.000001000. The zero-order valence-corrected chi connectivity index (χ0v) is 12.7. The Morgan fingerprint density at radius 3 is 2.60 bits per heavy atom. The summed E-state index contributed by atoms with van der Waals surface area (Å²) in [5, 5.41) is 7.90. The summed E-state index contributed by atoms with van der Waals surface area (Å²) in [6, 6.07) is 11.0. The number of hydrogen-bond donors (Lipinski definition) is 1. The van der Waals surface area contributed by atoms with Crippen LogP contribution < -0.4 is 5.73 Å². The zero-order valence-electron chi connectivity index (χ0n) is 11.1. The van der Waals surface area contributed by atoms with Crippen LogP contribution in [0.3, 0.4) is 0 Å². The van der Waals surface area contributed by atoms with Crippen molar-refractivity contribution in [1.29, 1.82) is 0 Å². The second-order valence-corrected chi connectivity index (χ2v) is 4.79. The van der Waals surface area contributed by atoms with Gasteiger partial charge in [-0.3, -0.25) is 4.90 Å². The Morgan fingerprint density at radius 2 is 1.95 bits per heavy atom. The third-order valence-electron chi connectivity index (χ3n) is 3.40. The highest BCUT2D eigenvalue weighted by molar-refractivity contribution is 5.85. The van der Waals surface area contributed by atoms with Crippen LogP contribution in [0.15, 0.2) is 36.5 Å². The van der Waals surface area contributed by atoms with Crippen molar-refractivity contribution in [1.82, 2.24) is 19.9 Å². The number of nitrogen functional groups attached to an aromatic ring is 1. The molecular formula is C13H19Cl2N5. The quantitative estimate of drug-likeness (QED) is 0.942. The summed E-state index contributed by atoms with van der Waals surface area (Å²) >= 11 is 0. The number of hydrogen-bond acceptors (Lipinski definition) is 4. The Morgan fingerprint density at radius 1 is 1.20 bits per heavy atom. The standard InChI is InChI=1S/C13H17N5.2ClH/c14-13-10-18(16-15-13)12-6-7-17(9-12)8-11-4-2-1-3-5-11;;/h1-5,10,12H,6-9,14H2;2*1H. The highest BCUT2D eigenvalue weighted by atomic mass is 35.5. The van der Waals surface area contributed by atoms with E-state index < -0.39 is 0 Å². The van der Waals surface area contributed by atoms with E-state index in [0.29, 0.717) is 11.9 Å². The number of nitrogens with zero attached hydrogens (tertiary/aromatic N) is 4. The van der Waals surface area contributed by atoms with Crippen LogP contribution in [-0.2, 0) is 6.54 Å². The van der Waals surface area contributed by atoms with Gasteiger partial charge in [-0.05, 0) is 12.0 Å². The first-order valence-electron chi connectivity index (χ1n) is 6.25. The average molecular weight is 316 g/mol. The van der Waals surface area contributed by atoms with E-state index in [2.05, 4.69) is 45.5 Å². The van der Waals surface area contributed by atoms with E-state index in [1.54, 1.807) is 0 Å². The second kappa shape index (κ2) is 7.47. The fourth-order valence-corrected chi connectivity index (χ4v) is 2.48. The number of halogens is 2. The summed E-state index contributed by atoms with van der Waals surface area (Å²) in [4.78, 5) is 2.44. The van der Waals surface area contributed by atoms with Gasteiger partial charge in [-0.15, -0.1) is 29.9 Å². The van der Waals surface area contributed by atoms with E-state index in [1.807, 2.05) is 10.9 Å². The molecule has 1 aliphatic heterocycles. The molecule has 0 saturated carbocycles. The van der Waals surface area contributed by atoms with Crippen LogP contribution in [0.4, 0.5) is 5.82 Å². The lowest BCUT2D eigenvalue weighted by Gasteiger charge is -2.15. The van der Waals surface area contributed by atoms with E-state index in [9.17, 15) is 0 Å². The maximum Gasteiger partial charge on any atom is 0.165 e. The van der Waals surface area contributed by atoms with Gasteiger partial charge in [0.25, 0.3) is 0 Å². The first-order valence-corrected chi connectivity index (χ1v) is 6.25. The summed E-state index contributed by atoms with van der Waals surface area (Å²) in [7, 11) is 0. The Kier molecular flexibility index (Phi) is 6.26. The minimum Gasteiger partial charge on any atom is -0.381 e. The number of rotatable bonds is 3. The molecular weight excluding hydrogens is 297 g/mol. The van der Waals surface area contributed by atoms with Gasteiger partial charge in [0.2, 0.25) is 0 Å². The van der Waals surface area contributed by atoms with Gasteiger partial charge >= 0.3 is 0 Å². The van der Waals surface area contributed by atoms with Crippen molar-refractivity contribution in [3.63, 3.8) is 0 Å². The summed E-state index contributed by atoms with van der Waals surface area (Å²) in [5.41, 5.74) is 6.95. The van der Waals surface area contributed by atoms with Gasteiger partial charge in [-0.2, -0.15) is 0 Å². The van der Waals surface area contributed by atoms with Crippen LogP contribution in [0.5, 0.6) is 0 Å². The van der Waals surface area contributed by atoms with Gasteiger partial charge in [0.1, 0.15) is 0 Å². The van der Waals surface area contributed by atoms with E-state index in [-0.39, 0.29) is 24.8 Å². The monoisotopic (exact) mass is 315 g/mol. The van der Waals surface area contributed by atoms with Gasteiger partial charge < -0.3 is 5.73 Å². The summed E-state index contributed by atoms with van der Waals surface area (Å²) in [6.07, 6.45) is 2.92. The molecule has 110 valence electrons. The van der Waals surface area contributed by atoms with Gasteiger partial charge in [-0.25, -0.2) is 4.68 Å². The molecule has 1 atom stereocenters. The maximum absolute atomic E-state index is 5.60. The van der Waals surface area contributed by atoms with Crippen LogP contribution in [0.2, 0.25) is 0 Å². The first-order chi connectivity index (χ1) is 8.81. The van der Waals surface area contributed by atoms with Crippen molar-refractivity contribution < 1.29 is 0 Å². The van der Waals surface area contributed by atoms with Crippen molar-refractivity contribution in [3.05, 3.63) is 42.1 Å². The number of anilines is 1. The molecule has 2 N–H and O–H groups in total. The molecule has 0 aliphatic carbocycles. The predicted molar refractivity (Wildman–Crippen MR) is 84.3 cm³/mol. The molecule has 0 spiro atoms. The fourth-order valence-electron chi connectivity index (χ4n) is 2.48. The van der Waals surface area contributed by atoms with Gasteiger partial charge in [-0.1, -0.05) is 35.5 Å². The molecule has 7 heteroatoms. The molecule has 1 aromatic heterocycles. The number of likely N-dealkylation sites (tertiary alicyclic amines) is 1. The minimum absolute atomic E-state index is 0. The second-order valence-electron chi connectivity index (χ2n) is 4.79. The Labute approximate surface area is 131 Å². The van der Waals surface area contributed by atoms with Crippen LogP contribution >= 0.6 is 24.8 Å². The van der Waals surface area contributed by atoms with Gasteiger partial charge in [0, 0.05) is 19.6 Å². The van der Waals surface area contributed by atoms with Crippen molar-refractivity contribution in [3.8, 4) is 0 Å². The third-order valence-corrected chi connectivity index (χ3v) is 3.40. The van der Waals surface area contributed by atoms with E-state index in [1.165, 1.54) is 5.56 Å². The van der Waals surface area contributed by atoms with Crippen molar-refractivity contribution in [2.75, 3.05) is 18.8 Å². The summed E-state index contributed by atoms with van der Waals surface area (Å²) in [6.45, 7) is 3.11. The first kappa shape index (κ1) is 16.8. The minimum atomic E-state index is 0. The molecule has 3 rings (SSSR count).